The number of hydrogen-bond donors (Lipinski definition) is 2. The van der Waals surface area contributed by atoms with Crippen LogP contribution in [0.25, 0.3) is 0 Å². The highest BCUT2D eigenvalue weighted by Crippen LogP contribution is 2.32. The van der Waals surface area contributed by atoms with E-state index in [9.17, 15) is 24.0 Å². The fraction of sp³-hybridized carbons (Fsp3) is 0.756. The second-order valence-electron chi connectivity index (χ2n) is 14.6. The topological polar surface area (TPSA) is 233 Å². The molecule has 1 aromatic rings. The van der Waals surface area contributed by atoms with Crippen LogP contribution >= 0.6 is 0 Å². The van der Waals surface area contributed by atoms with Gasteiger partial charge in [-0.25, -0.2) is 0 Å². The number of rotatable bonds is 45. The zero-order valence-corrected chi connectivity index (χ0v) is 38.7. The Balaban J connectivity index is 0.949. The molecule has 1 saturated heterocycles. The zero-order chi connectivity index (χ0) is 47.1. The number of ether oxygens (including phenoxy) is 13. The van der Waals surface area contributed by atoms with Crippen LogP contribution in [0.5, 0.6) is 0 Å². The van der Waals surface area contributed by atoms with Crippen molar-refractivity contribution >= 4 is 35.3 Å². The van der Waals surface area contributed by atoms with Crippen molar-refractivity contribution in [3.05, 3.63) is 29.3 Å². The van der Waals surface area contributed by atoms with Crippen LogP contribution < -0.4 is 10.6 Å². The van der Waals surface area contributed by atoms with Crippen molar-refractivity contribution in [3.8, 4) is 0 Å². The molecule has 2 aliphatic rings. The van der Waals surface area contributed by atoms with E-state index in [1.165, 1.54) is 0 Å². The molecule has 3 rings (SSSR count). The van der Waals surface area contributed by atoms with Gasteiger partial charge in [0, 0.05) is 25.1 Å². The van der Waals surface area contributed by atoms with E-state index in [4.69, 9.17) is 61.6 Å². The van der Waals surface area contributed by atoms with Crippen LogP contribution in [0.4, 0.5) is 5.69 Å². The highest BCUT2D eigenvalue weighted by Gasteiger charge is 2.45. The Hall–Kier alpha value is -3.71. The van der Waals surface area contributed by atoms with Crippen LogP contribution in [0.3, 0.4) is 0 Å². The molecule has 2 aliphatic heterocycles. The molecule has 1 aromatic carbocycles. The lowest BCUT2D eigenvalue weighted by Crippen LogP contribution is -2.54. The van der Waals surface area contributed by atoms with Gasteiger partial charge >= 0.3 is 5.97 Å². The number of amides is 4. The SMILES string of the molecule is CCCCCC(=O)OCCOCCOCCOCCOCCOCCOCCOCCOCCOCCOCCOCCOCCNc1cccc2c1C(=O)N(C1CCC(=O)NC1=O)C2=O. The summed E-state index contributed by atoms with van der Waals surface area (Å²) in [5.74, 6) is -2.35. The molecular weight excluding hydrogens is 870 g/mol. The van der Waals surface area contributed by atoms with Crippen LogP contribution in [0.2, 0.25) is 0 Å². The average Bonchev–Trinajstić information content (AvgIpc) is 3.57. The van der Waals surface area contributed by atoms with Gasteiger partial charge in [0.15, 0.2) is 0 Å². The van der Waals surface area contributed by atoms with Gasteiger partial charge in [-0.2, -0.15) is 0 Å². The molecule has 21 nitrogen and oxygen atoms in total. The number of piperidine rings is 1. The van der Waals surface area contributed by atoms with Gasteiger partial charge in [0.05, 0.1) is 170 Å². The van der Waals surface area contributed by atoms with E-state index in [0.717, 1.165) is 24.2 Å². The van der Waals surface area contributed by atoms with Crippen LogP contribution in [-0.4, -0.2) is 212 Å². The molecule has 0 radical (unpaired) electrons. The predicted molar refractivity (Wildman–Crippen MR) is 237 cm³/mol. The van der Waals surface area contributed by atoms with Crippen LogP contribution in [0.15, 0.2) is 18.2 Å². The lowest BCUT2D eigenvalue weighted by molar-refractivity contribution is -0.145. The number of unbranched alkanes of at least 4 members (excludes halogenated alkanes) is 2. The van der Waals surface area contributed by atoms with Gasteiger partial charge in [0.2, 0.25) is 11.8 Å². The van der Waals surface area contributed by atoms with E-state index in [1.54, 1.807) is 18.2 Å². The standard InChI is InChI=1S/C45H73N3O18/c1-2-3-4-8-41(50)66-36-35-65-34-33-64-32-31-63-30-29-62-28-27-61-26-25-60-24-23-59-22-21-58-20-19-57-18-17-56-16-15-55-14-13-54-12-11-46-38-7-5-6-37-42(38)45(53)48(44(37)52)39-9-10-40(49)47-43(39)51/h5-7,39,46H,2-4,8-36H2,1H3,(H,47,49,51). The number of carbonyl (C=O) groups excluding carboxylic acids is 5. The first-order valence-corrected chi connectivity index (χ1v) is 23.1. The summed E-state index contributed by atoms with van der Waals surface area (Å²) < 4.78 is 71.0. The molecule has 4 amide bonds. The minimum Gasteiger partial charge on any atom is -0.463 e. The van der Waals surface area contributed by atoms with E-state index in [-0.39, 0.29) is 36.5 Å². The van der Waals surface area contributed by atoms with Crippen molar-refractivity contribution in [2.45, 2.75) is 51.5 Å². The minimum absolute atomic E-state index is 0.0615. The molecule has 0 aliphatic carbocycles. The third-order valence-corrected chi connectivity index (χ3v) is 9.60. The summed E-state index contributed by atoms with van der Waals surface area (Å²) in [6.45, 7) is 13.3. The zero-order valence-electron chi connectivity index (χ0n) is 38.7. The molecule has 1 fully saturated rings. The molecular formula is C45H73N3O18. The minimum atomic E-state index is -1.02. The fourth-order valence-electron chi connectivity index (χ4n) is 6.25. The van der Waals surface area contributed by atoms with Crippen molar-refractivity contribution in [1.82, 2.24) is 10.2 Å². The van der Waals surface area contributed by atoms with Gasteiger partial charge in [0.25, 0.3) is 11.8 Å². The van der Waals surface area contributed by atoms with Gasteiger partial charge in [-0.3, -0.25) is 34.2 Å². The number of carbonyl (C=O) groups is 5. The molecule has 1 unspecified atom stereocenters. The first kappa shape index (κ1) is 56.6. The summed E-state index contributed by atoms with van der Waals surface area (Å²) >= 11 is 0. The molecule has 21 heteroatoms. The number of nitrogens with one attached hydrogen (secondary N) is 2. The van der Waals surface area contributed by atoms with Crippen LogP contribution in [0, 0.1) is 0 Å². The van der Waals surface area contributed by atoms with Crippen molar-refractivity contribution in [2.24, 2.45) is 0 Å². The van der Waals surface area contributed by atoms with Crippen LogP contribution in [0.1, 0.15) is 66.2 Å². The highest BCUT2D eigenvalue weighted by atomic mass is 16.6. The van der Waals surface area contributed by atoms with Gasteiger partial charge in [-0.05, 0) is 25.0 Å². The monoisotopic (exact) mass is 943 g/mol. The van der Waals surface area contributed by atoms with E-state index >= 15 is 0 Å². The molecule has 0 bridgehead atoms. The van der Waals surface area contributed by atoms with Crippen LogP contribution in [-0.2, 0) is 76.0 Å². The summed E-state index contributed by atoms with van der Waals surface area (Å²) in [6.07, 6.45) is 3.61. The Labute approximate surface area is 388 Å². The lowest BCUT2D eigenvalue weighted by Gasteiger charge is -2.27. The Morgan fingerprint density at radius 3 is 1.38 bits per heavy atom. The van der Waals surface area contributed by atoms with E-state index in [2.05, 4.69) is 17.6 Å². The summed E-state index contributed by atoms with van der Waals surface area (Å²) in [5.41, 5.74) is 0.895. The van der Waals surface area contributed by atoms with Crippen molar-refractivity contribution in [1.29, 1.82) is 0 Å². The Morgan fingerprint density at radius 1 is 0.561 bits per heavy atom. The Kier molecular flexibility index (Phi) is 32.8. The van der Waals surface area contributed by atoms with Crippen molar-refractivity contribution in [3.63, 3.8) is 0 Å². The third-order valence-electron chi connectivity index (χ3n) is 9.60. The number of benzene rings is 1. The first-order valence-electron chi connectivity index (χ1n) is 23.1. The first-order chi connectivity index (χ1) is 32.4. The fourth-order valence-corrected chi connectivity index (χ4v) is 6.25. The van der Waals surface area contributed by atoms with Crippen molar-refractivity contribution < 1.29 is 85.6 Å². The smallest absolute Gasteiger partial charge is 0.305 e. The molecule has 0 aromatic heterocycles. The second kappa shape index (κ2) is 38.3. The highest BCUT2D eigenvalue weighted by molar-refractivity contribution is 6.25. The van der Waals surface area contributed by atoms with Gasteiger partial charge in [-0.15, -0.1) is 0 Å². The largest absolute Gasteiger partial charge is 0.463 e. The summed E-state index contributed by atoms with van der Waals surface area (Å²) in [5, 5.41) is 5.33. The van der Waals surface area contributed by atoms with Gasteiger partial charge in [-0.1, -0.05) is 25.8 Å². The molecule has 66 heavy (non-hydrogen) atoms. The summed E-state index contributed by atoms with van der Waals surface area (Å²) in [6, 6.07) is 3.89. The summed E-state index contributed by atoms with van der Waals surface area (Å²) in [7, 11) is 0. The van der Waals surface area contributed by atoms with Gasteiger partial charge in [0.1, 0.15) is 12.6 Å². The Bertz CT molecular complexity index is 1490. The lowest BCUT2D eigenvalue weighted by atomic mass is 10.0. The number of hydrogen-bond acceptors (Lipinski definition) is 19. The quantitative estimate of drug-likeness (QED) is 0.0539. The number of nitrogens with zero attached hydrogens (tertiary/aromatic N) is 1. The van der Waals surface area contributed by atoms with E-state index in [1.807, 2.05) is 0 Å². The average molecular weight is 944 g/mol. The Morgan fingerprint density at radius 2 is 0.970 bits per heavy atom. The maximum absolute atomic E-state index is 13.2. The number of fused-ring (bicyclic) bond motifs is 1. The maximum atomic E-state index is 13.2. The maximum Gasteiger partial charge on any atom is 0.305 e. The second-order valence-corrected chi connectivity index (χ2v) is 14.6. The molecule has 2 heterocycles. The molecule has 376 valence electrons. The van der Waals surface area contributed by atoms with E-state index in [0.29, 0.717) is 177 Å². The molecule has 2 N–H and O–H groups in total. The molecule has 1 atom stereocenters. The summed E-state index contributed by atoms with van der Waals surface area (Å²) in [4.78, 5) is 62.4. The normalized spacial score (nSPS) is 14.9. The molecule has 0 saturated carbocycles. The van der Waals surface area contributed by atoms with Gasteiger partial charge < -0.3 is 66.9 Å². The number of imide groups is 2. The molecule has 0 spiro atoms. The predicted octanol–water partition coefficient (Wildman–Crippen LogP) is 1.82. The number of anilines is 1. The van der Waals surface area contributed by atoms with Crippen molar-refractivity contribution in [2.75, 3.05) is 177 Å². The third kappa shape index (κ3) is 25.4. The number of esters is 1. The van der Waals surface area contributed by atoms with E-state index < -0.39 is 29.7 Å².